The van der Waals surface area contributed by atoms with Crippen LogP contribution in [0.1, 0.15) is 6.92 Å². The third-order valence-electron chi connectivity index (χ3n) is 1.02. The van der Waals surface area contributed by atoms with Crippen LogP contribution < -0.4 is 5.32 Å². The van der Waals surface area contributed by atoms with Crippen molar-refractivity contribution in [3.8, 4) is 0 Å². The van der Waals surface area contributed by atoms with Gasteiger partial charge in [-0.05, 0) is 6.92 Å². The number of rotatable bonds is 0. The van der Waals surface area contributed by atoms with E-state index >= 15 is 0 Å². The summed E-state index contributed by atoms with van der Waals surface area (Å²) in [4.78, 5) is 10.4. The SMILES string of the molecule is CC1=CNCC1=O. The van der Waals surface area contributed by atoms with Crippen molar-refractivity contribution in [2.24, 2.45) is 0 Å². The fourth-order valence-electron chi connectivity index (χ4n) is 0.517. The summed E-state index contributed by atoms with van der Waals surface area (Å²) in [5.74, 6) is 0.208. The van der Waals surface area contributed by atoms with Crippen LogP contribution in [-0.4, -0.2) is 12.3 Å². The fraction of sp³-hybridized carbons (Fsp3) is 0.400. The van der Waals surface area contributed by atoms with Crippen molar-refractivity contribution < 1.29 is 4.79 Å². The summed E-state index contributed by atoms with van der Waals surface area (Å²) in [6.07, 6.45) is 1.74. The van der Waals surface area contributed by atoms with Gasteiger partial charge in [-0.25, -0.2) is 0 Å². The molecule has 0 saturated carbocycles. The van der Waals surface area contributed by atoms with Gasteiger partial charge in [0.15, 0.2) is 5.78 Å². The first-order valence-corrected chi connectivity index (χ1v) is 2.24. The van der Waals surface area contributed by atoms with Crippen molar-refractivity contribution in [3.05, 3.63) is 11.8 Å². The van der Waals surface area contributed by atoms with Gasteiger partial charge in [-0.2, -0.15) is 0 Å². The highest BCUT2D eigenvalue weighted by Crippen LogP contribution is 1.96. The second kappa shape index (κ2) is 1.37. The molecular formula is C5H7NO. The molecule has 7 heavy (non-hydrogen) atoms. The number of carbonyl (C=O) groups excluding carboxylic acids is 1. The van der Waals surface area contributed by atoms with Crippen LogP contribution in [0, 0.1) is 0 Å². The van der Waals surface area contributed by atoms with Crippen LogP contribution >= 0.6 is 0 Å². The highest BCUT2D eigenvalue weighted by Gasteiger charge is 2.07. The standard InChI is InChI=1S/C5H7NO/c1-4-2-6-3-5(4)7/h2,6H,3H2,1H3. The van der Waals surface area contributed by atoms with Gasteiger partial charge in [-0.3, -0.25) is 4.79 Å². The van der Waals surface area contributed by atoms with Gasteiger partial charge < -0.3 is 5.32 Å². The minimum Gasteiger partial charge on any atom is -0.383 e. The van der Waals surface area contributed by atoms with Crippen LogP contribution in [0.3, 0.4) is 0 Å². The second-order valence-corrected chi connectivity index (χ2v) is 1.63. The molecule has 2 nitrogen and oxygen atoms in total. The van der Waals surface area contributed by atoms with E-state index in [1.807, 2.05) is 6.92 Å². The van der Waals surface area contributed by atoms with Crippen LogP contribution in [0.5, 0.6) is 0 Å². The molecule has 1 aliphatic rings. The molecule has 0 aliphatic carbocycles. The van der Waals surface area contributed by atoms with Crippen LogP contribution in [0.25, 0.3) is 0 Å². The molecule has 0 aromatic carbocycles. The van der Waals surface area contributed by atoms with Gasteiger partial charge in [0.05, 0.1) is 6.54 Å². The smallest absolute Gasteiger partial charge is 0.178 e. The summed E-state index contributed by atoms with van der Waals surface area (Å²) in [5.41, 5.74) is 0.833. The lowest BCUT2D eigenvalue weighted by molar-refractivity contribution is -0.113. The Morgan fingerprint density at radius 1 is 1.86 bits per heavy atom. The summed E-state index contributed by atoms with van der Waals surface area (Å²) < 4.78 is 0. The predicted octanol–water partition coefficient (Wildman–Crippen LogP) is 0.0625. The summed E-state index contributed by atoms with van der Waals surface area (Å²) in [5, 5.41) is 2.81. The first-order chi connectivity index (χ1) is 3.30. The monoisotopic (exact) mass is 97.1 g/mol. The zero-order valence-corrected chi connectivity index (χ0v) is 4.19. The Bertz CT molecular complexity index is 126. The van der Waals surface area contributed by atoms with Crippen LogP contribution in [0.15, 0.2) is 11.8 Å². The molecule has 1 heterocycles. The first kappa shape index (κ1) is 4.37. The van der Waals surface area contributed by atoms with Gasteiger partial charge in [0.1, 0.15) is 0 Å². The molecule has 0 aromatic rings. The lowest BCUT2D eigenvalue weighted by atomic mass is 10.3. The number of Topliss-reactive ketones (excluding diaryl/α,β-unsaturated/α-hetero) is 1. The van der Waals surface area contributed by atoms with E-state index in [9.17, 15) is 4.79 Å². The Hall–Kier alpha value is -0.790. The molecule has 1 aliphatic heterocycles. The van der Waals surface area contributed by atoms with Gasteiger partial charge in [0.25, 0.3) is 0 Å². The Kier molecular flexibility index (Phi) is 0.855. The zero-order valence-electron chi connectivity index (χ0n) is 4.19. The minimum atomic E-state index is 0.208. The van der Waals surface area contributed by atoms with Crippen molar-refractivity contribution in [1.82, 2.24) is 5.32 Å². The molecule has 0 spiro atoms. The largest absolute Gasteiger partial charge is 0.383 e. The van der Waals surface area contributed by atoms with E-state index in [0.29, 0.717) is 6.54 Å². The van der Waals surface area contributed by atoms with Gasteiger partial charge in [0, 0.05) is 11.8 Å². The van der Waals surface area contributed by atoms with Gasteiger partial charge in [-0.15, -0.1) is 0 Å². The molecule has 0 radical (unpaired) electrons. The number of hydrogen-bond acceptors (Lipinski definition) is 2. The van der Waals surface area contributed by atoms with Gasteiger partial charge in [-0.1, -0.05) is 0 Å². The Morgan fingerprint density at radius 3 is 2.71 bits per heavy atom. The maximum absolute atomic E-state index is 10.4. The molecule has 38 valence electrons. The molecule has 0 saturated heterocycles. The van der Waals surface area contributed by atoms with E-state index in [0.717, 1.165) is 5.57 Å². The van der Waals surface area contributed by atoms with E-state index in [1.54, 1.807) is 6.20 Å². The summed E-state index contributed by atoms with van der Waals surface area (Å²) in [7, 11) is 0. The van der Waals surface area contributed by atoms with Crippen molar-refractivity contribution >= 4 is 5.78 Å². The maximum Gasteiger partial charge on any atom is 0.178 e. The zero-order chi connectivity index (χ0) is 5.28. The van der Waals surface area contributed by atoms with Crippen LogP contribution in [0.4, 0.5) is 0 Å². The lowest BCUT2D eigenvalue weighted by Crippen LogP contribution is -2.07. The van der Waals surface area contributed by atoms with Crippen molar-refractivity contribution in [1.29, 1.82) is 0 Å². The molecule has 0 fully saturated rings. The molecular weight excluding hydrogens is 90.1 g/mol. The quantitative estimate of drug-likeness (QED) is 0.463. The number of ketones is 1. The molecule has 0 bridgehead atoms. The van der Waals surface area contributed by atoms with Crippen LogP contribution in [-0.2, 0) is 4.79 Å². The van der Waals surface area contributed by atoms with E-state index in [-0.39, 0.29) is 5.78 Å². The van der Waals surface area contributed by atoms with E-state index in [4.69, 9.17) is 0 Å². The Morgan fingerprint density at radius 2 is 2.57 bits per heavy atom. The summed E-state index contributed by atoms with van der Waals surface area (Å²) in [6.45, 7) is 2.30. The molecule has 1 rings (SSSR count). The molecule has 0 amide bonds. The second-order valence-electron chi connectivity index (χ2n) is 1.63. The molecule has 1 N–H and O–H groups in total. The first-order valence-electron chi connectivity index (χ1n) is 2.24. The third kappa shape index (κ3) is 0.633. The highest BCUT2D eigenvalue weighted by atomic mass is 16.1. The topological polar surface area (TPSA) is 29.1 Å². The molecule has 0 aromatic heterocycles. The normalized spacial score (nSPS) is 19.0. The third-order valence-corrected chi connectivity index (χ3v) is 1.02. The van der Waals surface area contributed by atoms with E-state index in [1.165, 1.54) is 0 Å². The molecule has 2 heteroatoms. The summed E-state index contributed by atoms with van der Waals surface area (Å²) in [6, 6.07) is 0. The van der Waals surface area contributed by atoms with Gasteiger partial charge in [0.2, 0.25) is 0 Å². The van der Waals surface area contributed by atoms with Crippen molar-refractivity contribution in [2.75, 3.05) is 6.54 Å². The van der Waals surface area contributed by atoms with Crippen molar-refractivity contribution in [2.45, 2.75) is 6.92 Å². The predicted molar refractivity (Wildman–Crippen MR) is 26.8 cm³/mol. The Labute approximate surface area is 42.2 Å². The average Bonchev–Trinajstić information content (AvgIpc) is 1.91. The van der Waals surface area contributed by atoms with Crippen LogP contribution in [0.2, 0.25) is 0 Å². The van der Waals surface area contributed by atoms with Gasteiger partial charge >= 0.3 is 0 Å². The lowest BCUT2D eigenvalue weighted by Gasteiger charge is -1.80. The molecule has 0 atom stereocenters. The van der Waals surface area contributed by atoms with E-state index in [2.05, 4.69) is 5.32 Å². The maximum atomic E-state index is 10.4. The number of nitrogens with one attached hydrogen (secondary N) is 1. The minimum absolute atomic E-state index is 0.208. The fourth-order valence-corrected chi connectivity index (χ4v) is 0.517. The average molecular weight is 97.1 g/mol. The van der Waals surface area contributed by atoms with E-state index < -0.39 is 0 Å². The highest BCUT2D eigenvalue weighted by molar-refractivity contribution is 5.98. The number of carbonyl (C=O) groups is 1. The summed E-state index contributed by atoms with van der Waals surface area (Å²) >= 11 is 0. The van der Waals surface area contributed by atoms with Crippen molar-refractivity contribution in [3.63, 3.8) is 0 Å². The molecule has 0 unspecified atom stereocenters. The Balaban J connectivity index is 2.72. The number of hydrogen-bond donors (Lipinski definition) is 1.